The number of aliphatic carboxylic acids is 1. The molecular weight excluding hydrogens is 387 g/mol. The molecule has 0 aliphatic carbocycles. The molecule has 6 heteroatoms. The molecular formula is C14H9IN2O2S. The number of benzene rings is 1. The first kappa shape index (κ1) is 13.4. The van der Waals surface area contributed by atoms with E-state index in [1.807, 2.05) is 65.5 Å². The third kappa shape index (κ3) is 2.53. The highest BCUT2D eigenvalue weighted by atomic mass is 127. The van der Waals surface area contributed by atoms with Crippen LogP contribution in [-0.4, -0.2) is 18.6 Å². The van der Waals surface area contributed by atoms with Crippen LogP contribution < -0.4 is 0 Å². The number of fused-ring (bicyclic) bond motifs is 1. The second-order valence-corrected chi connectivity index (χ2v) is 6.71. The SMILES string of the molecule is O=C(O)C1=Cc2cc(-c3ccccc3)cnc2SN1I. The molecule has 0 atom stereocenters. The lowest BCUT2D eigenvalue weighted by Crippen LogP contribution is -2.15. The van der Waals surface area contributed by atoms with Crippen LogP contribution in [0.3, 0.4) is 0 Å². The molecule has 0 bridgehead atoms. The summed E-state index contributed by atoms with van der Waals surface area (Å²) < 4.78 is 1.58. The third-order valence-electron chi connectivity index (χ3n) is 2.85. The minimum atomic E-state index is -0.942. The molecule has 1 aliphatic rings. The van der Waals surface area contributed by atoms with Crippen LogP contribution in [0.5, 0.6) is 0 Å². The van der Waals surface area contributed by atoms with Gasteiger partial charge in [0, 0.05) is 29.3 Å². The first-order chi connectivity index (χ1) is 9.65. The van der Waals surface area contributed by atoms with Gasteiger partial charge in [0.05, 0.1) is 22.9 Å². The molecule has 100 valence electrons. The monoisotopic (exact) mass is 396 g/mol. The largest absolute Gasteiger partial charge is 0.477 e. The Labute approximate surface area is 134 Å². The summed E-state index contributed by atoms with van der Waals surface area (Å²) in [7, 11) is 0. The van der Waals surface area contributed by atoms with Gasteiger partial charge in [0.1, 0.15) is 10.7 Å². The smallest absolute Gasteiger partial charge is 0.353 e. The molecule has 1 aromatic carbocycles. The summed E-state index contributed by atoms with van der Waals surface area (Å²) in [5.74, 6) is -0.942. The van der Waals surface area contributed by atoms with Crippen molar-refractivity contribution in [2.24, 2.45) is 0 Å². The Morgan fingerprint density at radius 3 is 2.70 bits per heavy atom. The number of hydrogen-bond donors (Lipinski definition) is 1. The zero-order valence-electron chi connectivity index (χ0n) is 10.2. The number of pyridine rings is 1. The van der Waals surface area contributed by atoms with Crippen LogP contribution in [-0.2, 0) is 4.79 Å². The van der Waals surface area contributed by atoms with Gasteiger partial charge >= 0.3 is 5.97 Å². The zero-order chi connectivity index (χ0) is 14.1. The number of carboxylic acid groups (broad SMARTS) is 1. The zero-order valence-corrected chi connectivity index (χ0v) is 13.1. The molecule has 0 radical (unpaired) electrons. The average Bonchev–Trinajstić information content (AvgIpc) is 2.47. The van der Waals surface area contributed by atoms with E-state index in [4.69, 9.17) is 0 Å². The van der Waals surface area contributed by atoms with Crippen molar-refractivity contribution in [3.05, 3.63) is 53.9 Å². The summed E-state index contributed by atoms with van der Waals surface area (Å²) in [6.45, 7) is 0. The molecule has 1 N–H and O–H groups in total. The fourth-order valence-electron chi connectivity index (χ4n) is 1.90. The van der Waals surface area contributed by atoms with Crippen LogP contribution in [0.15, 0.2) is 53.3 Å². The van der Waals surface area contributed by atoms with E-state index in [0.29, 0.717) is 0 Å². The number of nitrogens with zero attached hydrogens (tertiary/aromatic N) is 2. The van der Waals surface area contributed by atoms with Crippen LogP contribution >= 0.6 is 34.8 Å². The lowest BCUT2D eigenvalue weighted by atomic mass is 10.1. The van der Waals surface area contributed by atoms with Gasteiger partial charge < -0.3 is 5.11 Å². The van der Waals surface area contributed by atoms with Crippen molar-refractivity contribution in [2.45, 2.75) is 5.03 Å². The van der Waals surface area contributed by atoms with Gasteiger partial charge in [-0.1, -0.05) is 30.3 Å². The minimum absolute atomic E-state index is 0.245. The highest BCUT2D eigenvalue weighted by Gasteiger charge is 2.23. The van der Waals surface area contributed by atoms with Crippen molar-refractivity contribution in [2.75, 3.05) is 0 Å². The summed E-state index contributed by atoms with van der Waals surface area (Å²) in [4.78, 5) is 15.6. The molecule has 2 aromatic rings. The maximum absolute atomic E-state index is 11.2. The molecule has 1 aliphatic heterocycles. The molecule has 3 rings (SSSR count). The lowest BCUT2D eigenvalue weighted by Gasteiger charge is -2.21. The van der Waals surface area contributed by atoms with Gasteiger partial charge in [-0.05, 0) is 17.7 Å². The fraction of sp³-hybridized carbons (Fsp3) is 0. The Hall–Kier alpha value is -1.54. The van der Waals surface area contributed by atoms with E-state index in [0.717, 1.165) is 21.7 Å². The van der Waals surface area contributed by atoms with Gasteiger partial charge in [-0.15, -0.1) is 0 Å². The van der Waals surface area contributed by atoms with E-state index < -0.39 is 5.97 Å². The number of carbonyl (C=O) groups is 1. The van der Waals surface area contributed by atoms with Crippen molar-refractivity contribution in [1.82, 2.24) is 7.50 Å². The maximum atomic E-state index is 11.2. The van der Waals surface area contributed by atoms with Gasteiger partial charge in [-0.2, -0.15) is 0 Å². The summed E-state index contributed by atoms with van der Waals surface area (Å²) in [6.07, 6.45) is 3.46. The summed E-state index contributed by atoms with van der Waals surface area (Å²) in [6, 6.07) is 11.9. The first-order valence-corrected chi connectivity index (χ1v) is 7.53. The molecule has 2 heterocycles. The average molecular weight is 396 g/mol. The number of hydrogen-bond acceptors (Lipinski definition) is 4. The normalized spacial score (nSPS) is 13.7. The van der Waals surface area contributed by atoms with Crippen molar-refractivity contribution in [3.8, 4) is 11.1 Å². The van der Waals surface area contributed by atoms with Gasteiger partial charge in [0.2, 0.25) is 0 Å². The summed E-state index contributed by atoms with van der Waals surface area (Å²) in [5.41, 5.74) is 3.12. The molecule has 4 nitrogen and oxygen atoms in total. The number of aromatic nitrogens is 1. The Morgan fingerprint density at radius 2 is 2.00 bits per heavy atom. The van der Waals surface area contributed by atoms with Crippen molar-refractivity contribution < 1.29 is 9.90 Å². The summed E-state index contributed by atoms with van der Waals surface area (Å²) in [5, 5.41) is 9.98. The Morgan fingerprint density at radius 1 is 1.25 bits per heavy atom. The van der Waals surface area contributed by atoms with Crippen molar-refractivity contribution in [3.63, 3.8) is 0 Å². The molecule has 0 fully saturated rings. The second-order valence-electron chi connectivity index (χ2n) is 4.16. The lowest BCUT2D eigenvalue weighted by molar-refractivity contribution is -0.133. The Balaban J connectivity index is 2.07. The van der Waals surface area contributed by atoms with Gasteiger partial charge in [-0.3, -0.25) is 0 Å². The first-order valence-electron chi connectivity index (χ1n) is 5.79. The molecule has 20 heavy (non-hydrogen) atoms. The van der Waals surface area contributed by atoms with E-state index in [2.05, 4.69) is 4.98 Å². The molecule has 1 aromatic heterocycles. The van der Waals surface area contributed by atoms with Crippen LogP contribution in [0.25, 0.3) is 17.2 Å². The standard InChI is InChI=1S/C14H9IN2O2S/c15-17-12(14(18)19)7-10-6-11(8-16-13(10)20-17)9-4-2-1-3-5-9/h1-8H,(H,18,19). The topological polar surface area (TPSA) is 53.4 Å². The maximum Gasteiger partial charge on any atom is 0.353 e. The van der Waals surface area contributed by atoms with Crippen LogP contribution in [0.2, 0.25) is 0 Å². The van der Waals surface area contributed by atoms with Crippen LogP contribution in [0, 0.1) is 0 Å². The number of rotatable bonds is 2. The Kier molecular flexibility index (Phi) is 3.66. The predicted octanol–water partition coefficient (Wildman–Crippen LogP) is 3.85. The van der Waals surface area contributed by atoms with E-state index in [1.165, 1.54) is 11.9 Å². The van der Waals surface area contributed by atoms with Gasteiger partial charge in [0.25, 0.3) is 0 Å². The van der Waals surface area contributed by atoms with Gasteiger partial charge in [-0.25, -0.2) is 12.3 Å². The molecule has 0 spiro atoms. The third-order valence-corrected chi connectivity index (χ3v) is 4.83. The van der Waals surface area contributed by atoms with Crippen LogP contribution in [0.4, 0.5) is 0 Å². The molecule has 0 amide bonds. The van der Waals surface area contributed by atoms with E-state index in [-0.39, 0.29) is 5.70 Å². The van der Waals surface area contributed by atoms with Crippen molar-refractivity contribution in [1.29, 1.82) is 0 Å². The van der Waals surface area contributed by atoms with E-state index in [1.54, 1.807) is 8.59 Å². The van der Waals surface area contributed by atoms with E-state index in [9.17, 15) is 9.90 Å². The molecule has 0 saturated carbocycles. The van der Waals surface area contributed by atoms with Gasteiger partial charge in [0.15, 0.2) is 0 Å². The van der Waals surface area contributed by atoms with E-state index >= 15 is 0 Å². The van der Waals surface area contributed by atoms with Crippen LogP contribution in [0.1, 0.15) is 5.56 Å². The highest BCUT2D eigenvalue weighted by Crippen LogP contribution is 2.38. The predicted molar refractivity (Wildman–Crippen MR) is 87.0 cm³/mol. The quantitative estimate of drug-likeness (QED) is 0.475. The Bertz CT molecular complexity index is 704. The summed E-state index contributed by atoms with van der Waals surface area (Å²) >= 11 is 3.27. The fourth-order valence-corrected chi connectivity index (χ4v) is 3.51. The highest BCUT2D eigenvalue weighted by molar-refractivity contribution is 14.1. The minimum Gasteiger partial charge on any atom is -0.477 e. The van der Waals surface area contributed by atoms with Crippen molar-refractivity contribution >= 4 is 46.9 Å². The number of carboxylic acids is 1. The second kappa shape index (κ2) is 5.45. The number of halogens is 1. The molecule has 0 unspecified atom stereocenters. The molecule has 0 saturated heterocycles.